The van der Waals surface area contributed by atoms with Crippen LogP contribution in [-0.4, -0.2) is 41.7 Å². The summed E-state index contributed by atoms with van der Waals surface area (Å²) in [5, 5.41) is 11.8. The van der Waals surface area contributed by atoms with Gasteiger partial charge >= 0.3 is 19.4 Å². The van der Waals surface area contributed by atoms with Crippen molar-refractivity contribution in [3.63, 3.8) is 0 Å². The van der Waals surface area contributed by atoms with Crippen molar-refractivity contribution in [1.29, 1.82) is 0 Å². The quantitative estimate of drug-likeness (QED) is 0.436. The van der Waals surface area contributed by atoms with E-state index in [1.165, 1.54) is 12.1 Å². The van der Waals surface area contributed by atoms with Gasteiger partial charge < -0.3 is 24.5 Å². The molecule has 0 aromatic heterocycles. The van der Waals surface area contributed by atoms with E-state index in [9.17, 15) is 23.1 Å². The zero-order chi connectivity index (χ0) is 27.0. The van der Waals surface area contributed by atoms with E-state index < -0.39 is 41.7 Å². The lowest BCUT2D eigenvalue weighted by Gasteiger charge is -2.34. The molecule has 2 unspecified atom stereocenters. The summed E-state index contributed by atoms with van der Waals surface area (Å²) in [6, 6.07) is 3.70. The molecule has 1 aliphatic rings. The van der Waals surface area contributed by atoms with E-state index in [4.69, 9.17) is 14.0 Å². The molecule has 1 saturated heterocycles. The van der Waals surface area contributed by atoms with Gasteiger partial charge in [0, 0.05) is 0 Å². The molecule has 2 N–H and O–H groups in total. The van der Waals surface area contributed by atoms with Crippen LogP contribution in [0, 0.1) is 11.3 Å². The van der Waals surface area contributed by atoms with Crippen molar-refractivity contribution in [2.45, 2.75) is 98.1 Å². The maximum Gasteiger partial charge on any atom is 0.494 e. The average Bonchev–Trinajstić information content (AvgIpc) is 2.84. The highest BCUT2D eigenvalue weighted by Gasteiger charge is 2.52. The smallest absolute Gasteiger partial charge is 0.491 e. The number of ether oxygens (including phenoxy) is 1. The van der Waals surface area contributed by atoms with E-state index in [0.717, 1.165) is 12.5 Å². The van der Waals surface area contributed by atoms with Crippen molar-refractivity contribution in [3.05, 3.63) is 23.8 Å². The van der Waals surface area contributed by atoms with E-state index in [1.54, 1.807) is 6.92 Å². The maximum absolute atomic E-state index is 14.0. The molecule has 0 aliphatic carbocycles. The largest absolute Gasteiger partial charge is 0.494 e. The Hall–Kier alpha value is -1.94. The summed E-state index contributed by atoms with van der Waals surface area (Å²) in [4.78, 5) is 11.4. The lowest BCUT2D eigenvalue weighted by Crippen LogP contribution is -2.51. The van der Waals surface area contributed by atoms with Gasteiger partial charge in [0.05, 0.1) is 22.3 Å². The first-order chi connectivity index (χ1) is 15.6. The normalized spacial score (nSPS) is 20.3. The molecule has 0 spiro atoms. The fourth-order valence-electron chi connectivity index (χ4n) is 4.55. The summed E-state index contributed by atoms with van der Waals surface area (Å²) in [6.45, 7) is 16.9. The third-order valence-electron chi connectivity index (χ3n) is 6.55. The topological polar surface area (TPSA) is 77.0 Å². The maximum atomic E-state index is 14.0. The number of hydrogen-bond acceptors (Lipinski definition) is 4. The fraction of sp³-hybridized carbons (Fsp3) is 0.720. The van der Waals surface area contributed by atoms with E-state index in [1.807, 2.05) is 34.6 Å². The van der Waals surface area contributed by atoms with E-state index in [-0.39, 0.29) is 29.2 Å². The van der Waals surface area contributed by atoms with Gasteiger partial charge in [-0.25, -0.2) is 4.79 Å². The van der Waals surface area contributed by atoms with Crippen LogP contribution in [0.3, 0.4) is 0 Å². The zero-order valence-corrected chi connectivity index (χ0v) is 22.2. The van der Waals surface area contributed by atoms with Gasteiger partial charge in [-0.3, -0.25) is 0 Å². The second-order valence-electron chi connectivity index (χ2n) is 12.2. The number of amides is 1. The zero-order valence-electron chi connectivity index (χ0n) is 22.2. The molecular weight excluding hydrogens is 462 g/mol. The lowest BCUT2D eigenvalue weighted by atomic mass is 9.78. The Balaban J connectivity index is 2.29. The first kappa shape index (κ1) is 29.3. The first-order valence-corrected chi connectivity index (χ1v) is 11.8. The van der Waals surface area contributed by atoms with Gasteiger partial charge in [0.25, 0.3) is 0 Å². The molecule has 10 heteroatoms. The minimum atomic E-state index is -4.69. The van der Waals surface area contributed by atoms with Crippen LogP contribution in [-0.2, 0) is 15.5 Å². The number of alkyl halides is 3. The van der Waals surface area contributed by atoms with Crippen molar-refractivity contribution in [3.8, 4) is 5.75 Å². The van der Waals surface area contributed by atoms with Gasteiger partial charge in [0.15, 0.2) is 0 Å². The van der Waals surface area contributed by atoms with Crippen LogP contribution in [0.4, 0.5) is 18.0 Å². The number of rotatable bonds is 8. The molecule has 1 aromatic carbocycles. The van der Waals surface area contributed by atoms with Crippen LogP contribution in [0.5, 0.6) is 5.75 Å². The van der Waals surface area contributed by atoms with Crippen molar-refractivity contribution in [1.82, 2.24) is 5.32 Å². The Kier molecular flexibility index (Phi) is 8.24. The van der Waals surface area contributed by atoms with Crippen LogP contribution in [0.2, 0.25) is 0 Å². The van der Waals surface area contributed by atoms with Crippen molar-refractivity contribution in [2.75, 3.05) is 6.61 Å². The van der Waals surface area contributed by atoms with Gasteiger partial charge in [-0.2, -0.15) is 13.2 Å². The van der Waals surface area contributed by atoms with Crippen LogP contribution < -0.4 is 15.5 Å². The molecule has 1 aliphatic heterocycles. The summed E-state index contributed by atoms with van der Waals surface area (Å²) in [7, 11) is -0.952. The summed E-state index contributed by atoms with van der Waals surface area (Å²) in [5.41, 5.74) is -3.18. The Morgan fingerprint density at radius 3 is 2.09 bits per heavy atom. The molecule has 1 heterocycles. The second-order valence-corrected chi connectivity index (χ2v) is 12.2. The highest BCUT2D eigenvalue weighted by Crippen LogP contribution is 2.39. The van der Waals surface area contributed by atoms with Crippen LogP contribution >= 0.6 is 0 Å². The van der Waals surface area contributed by atoms with Crippen molar-refractivity contribution >= 4 is 18.7 Å². The number of hydrogen-bond donors (Lipinski definition) is 2. The Bertz CT molecular complexity index is 897. The average molecular weight is 501 g/mol. The molecule has 1 fully saturated rings. The number of carboxylic acid groups (broad SMARTS) is 1. The van der Waals surface area contributed by atoms with Crippen molar-refractivity contribution in [2.24, 2.45) is 11.3 Å². The third-order valence-corrected chi connectivity index (χ3v) is 6.55. The molecular formula is C25H39BF3NO5. The highest BCUT2D eigenvalue weighted by atomic mass is 19.4. The molecule has 0 bridgehead atoms. The first-order valence-electron chi connectivity index (χ1n) is 11.8. The molecule has 2 atom stereocenters. The lowest BCUT2D eigenvalue weighted by molar-refractivity contribution is -0.139. The Labute approximate surface area is 207 Å². The highest BCUT2D eigenvalue weighted by molar-refractivity contribution is 6.62. The number of nitrogens with one attached hydrogen (secondary N) is 1. The van der Waals surface area contributed by atoms with Crippen molar-refractivity contribution < 1.29 is 37.1 Å². The minimum absolute atomic E-state index is 0.0250. The predicted octanol–water partition coefficient (Wildman–Crippen LogP) is 5.87. The fourth-order valence-corrected chi connectivity index (χ4v) is 4.55. The monoisotopic (exact) mass is 501 g/mol. The summed E-state index contributed by atoms with van der Waals surface area (Å²) in [6.07, 6.45) is -4.72. The second kappa shape index (κ2) is 9.84. The van der Waals surface area contributed by atoms with Gasteiger partial charge in [-0.1, -0.05) is 33.8 Å². The number of carbonyl (C=O) groups is 1. The number of halogens is 3. The standard InChI is InChI=1S/C25H39BF3NO5/c1-16(13-21(2,3)4)14-24(9,30-20(31)32)15-33-19-11-10-17(12-18(19)25(27,28)29)26-34-22(5,6)23(7,8)35-26/h10-12,16,30H,13-15H2,1-9H3,(H,31,32). The molecule has 1 aromatic rings. The summed E-state index contributed by atoms with van der Waals surface area (Å²) in [5.74, 6) is -0.261. The molecule has 198 valence electrons. The van der Waals surface area contributed by atoms with Crippen LogP contribution in [0.25, 0.3) is 0 Å². The van der Waals surface area contributed by atoms with E-state index in [2.05, 4.69) is 26.1 Å². The van der Waals surface area contributed by atoms with E-state index in [0.29, 0.717) is 6.42 Å². The van der Waals surface area contributed by atoms with Gasteiger partial charge in [-0.05, 0) is 76.4 Å². The molecule has 0 radical (unpaired) electrons. The van der Waals surface area contributed by atoms with Gasteiger partial charge in [-0.15, -0.1) is 0 Å². The van der Waals surface area contributed by atoms with Gasteiger partial charge in [0.1, 0.15) is 12.4 Å². The summed E-state index contributed by atoms with van der Waals surface area (Å²) >= 11 is 0. The summed E-state index contributed by atoms with van der Waals surface area (Å²) < 4.78 is 59.3. The van der Waals surface area contributed by atoms with Crippen LogP contribution in [0.1, 0.15) is 80.7 Å². The molecule has 0 saturated carbocycles. The SMILES string of the molecule is CC(CC(C)(C)C)CC(C)(COc1ccc(B2OC(C)(C)C(C)(C)O2)cc1C(F)(F)F)NC(=O)O. The Morgan fingerprint density at radius 1 is 1.09 bits per heavy atom. The molecule has 6 nitrogen and oxygen atoms in total. The molecule has 2 rings (SSSR count). The number of benzene rings is 1. The predicted molar refractivity (Wildman–Crippen MR) is 130 cm³/mol. The third kappa shape index (κ3) is 7.77. The van der Waals surface area contributed by atoms with Gasteiger partial charge in [0.2, 0.25) is 0 Å². The van der Waals surface area contributed by atoms with Crippen LogP contribution in [0.15, 0.2) is 18.2 Å². The molecule has 35 heavy (non-hydrogen) atoms. The van der Waals surface area contributed by atoms with E-state index >= 15 is 0 Å². The minimum Gasteiger partial charge on any atom is -0.491 e. The molecule has 1 amide bonds. The Morgan fingerprint density at radius 2 is 1.63 bits per heavy atom.